The molecule has 0 fully saturated rings. The molecule has 0 bridgehead atoms. The molecule has 7 heteroatoms. The number of nitro groups is 1. The van der Waals surface area contributed by atoms with E-state index >= 15 is 0 Å². The molecule has 0 aliphatic carbocycles. The lowest BCUT2D eigenvalue weighted by molar-refractivity contribution is -0.384. The average molecular weight is 306 g/mol. The van der Waals surface area contributed by atoms with Crippen LogP contribution in [0.25, 0.3) is 10.9 Å². The van der Waals surface area contributed by atoms with E-state index in [-0.39, 0.29) is 5.69 Å². The first kappa shape index (κ1) is 16.1. The van der Waals surface area contributed by atoms with E-state index in [1.165, 1.54) is 12.1 Å². The highest BCUT2D eigenvalue weighted by Crippen LogP contribution is 2.21. The normalized spacial score (nSPS) is 10.8. The minimum absolute atomic E-state index is 0.0106. The van der Waals surface area contributed by atoms with Crippen molar-refractivity contribution in [2.75, 3.05) is 33.0 Å². The zero-order valence-electron chi connectivity index (χ0n) is 12.4. The van der Waals surface area contributed by atoms with E-state index in [1.54, 1.807) is 12.1 Å². The molecular formula is C15H18N2O5. The molecule has 0 aliphatic heterocycles. The fourth-order valence-corrected chi connectivity index (χ4v) is 1.85. The Hall–Kier alpha value is -2.25. The van der Waals surface area contributed by atoms with Gasteiger partial charge in [0.05, 0.1) is 30.3 Å². The third-order valence-corrected chi connectivity index (χ3v) is 2.91. The maximum absolute atomic E-state index is 10.8. The molecule has 22 heavy (non-hydrogen) atoms. The van der Waals surface area contributed by atoms with Crippen LogP contribution >= 0.6 is 0 Å². The van der Waals surface area contributed by atoms with Crippen LogP contribution < -0.4 is 4.74 Å². The van der Waals surface area contributed by atoms with E-state index in [2.05, 4.69) is 4.98 Å². The number of ether oxygens (including phenoxy) is 3. The Bertz CT molecular complexity index is 632. The number of nitro benzene ring substituents is 1. The maximum Gasteiger partial charge on any atom is 0.271 e. The summed E-state index contributed by atoms with van der Waals surface area (Å²) in [6.07, 6.45) is 0. The molecule has 0 unspecified atom stereocenters. The van der Waals surface area contributed by atoms with Crippen LogP contribution in [0.15, 0.2) is 30.3 Å². The van der Waals surface area contributed by atoms with Gasteiger partial charge in [-0.25, -0.2) is 4.98 Å². The highest BCUT2D eigenvalue weighted by atomic mass is 16.6. The summed E-state index contributed by atoms with van der Waals surface area (Å²) >= 11 is 0. The Morgan fingerprint density at radius 3 is 2.59 bits per heavy atom. The molecule has 7 nitrogen and oxygen atoms in total. The van der Waals surface area contributed by atoms with Gasteiger partial charge in [0, 0.05) is 30.2 Å². The molecule has 0 radical (unpaired) electrons. The molecule has 1 heterocycles. The Morgan fingerprint density at radius 1 is 1.09 bits per heavy atom. The van der Waals surface area contributed by atoms with Gasteiger partial charge in [-0.2, -0.15) is 0 Å². The average Bonchev–Trinajstić information content (AvgIpc) is 2.53. The van der Waals surface area contributed by atoms with Crippen molar-refractivity contribution in [1.82, 2.24) is 4.98 Å². The van der Waals surface area contributed by atoms with Crippen LogP contribution in [-0.2, 0) is 9.47 Å². The number of non-ortho nitro benzene ring substituents is 1. The van der Waals surface area contributed by atoms with Crippen molar-refractivity contribution in [2.24, 2.45) is 0 Å². The number of rotatable bonds is 9. The number of fused-ring (bicyclic) bond motifs is 1. The Morgan fingerprint density at radius 2 is 1.82 bits per heavy atom. The van der Waals surface area contributed by atoms with E-state index in [1.807, 2.05) is 13.0 Å². The molecule has 1 aromatic heterocycles. The first-order valence-electron chi connectivity index (χ1n) is 7.04. The van der Waals surface area contributed by atoms with Crippen molar-refractivity contribution in [2.45, 2.75) is 6.92 Å². The molecule has 118 valence electrons. The second kappa shape index (κ2) is 8.26. The fourth-order valence-electron chi connectivity index (χ4n) is 1.85. The fraction of sp³-hybridized carbons (Fsp3) is 0.400. The van der Waals surface area contributed by atoms with Gasteiger partial charge >= 0.3 is 0 Å². The molecule has 0 saturated heterocycles. The van der Waals surface area contributed by atoms with Crippen LogP contribution in [0.4, 0.5) is 5.69 Å². The zero-order chi connectivity index (χ0) is 15.8. The summed E-state index contributed by atoms with van der Waals surface area (Å²) in [6, 6.07) is 8.10. The van der Waals surface area contributed by atoms with Gasteiger partial charge in [0.15, 0.2) is 0 Å². The minimum atomic E-state index is -0.444. The van der Waals surface area contributed by atoms with E-state index in [4.69, 9.17) is 14.2 Å². The topological polar surface area (TPSA) is 83.7 Å². The van der Waals surface area contributed by atoms with Gasteiger partial charge < -0.3 is 14.2 Å². The van der Waals surface area contributed by atoms with E-state index < -0.39 is 4.92 Å². The van der Waals surface area contributed by atoms with Gasteiger partial charge in [0.25, 0.3) is 5.69 Å². The summed E-state index contributed by atoms with van der Waals surface area (Å²) in [5.41, 5.74) is 0.542. The summed E-state index contributed by atoms with van der Waals surface area (Å²) in [4.78, 5) is 14.6. The first-order chi connectivity index (χ1) is 10.7. The minimum Gasteiger partial charge on any atom is -0.475 e. The Kier molecular flexibility index (Phi) is 6.05. The number of hydrogen-bond acceptors (Lipinski definition) is 6. The lowest BCUT2D eigenvalue weighted by Gasteiger charge is -2.07. The van der Waals surface area contributed by atoms with Crippen molar-refractivity contribution in [3.05, 3.63) is 40.4 Å². The van der Waals surface area contributed by atoms with Gasteiger partial charge in [0.1, 0.15) is 6.61 Å². The van der Waals surface area contributed by atoms with Crippen LogP contribution in [0, 0.1) is 10.1 Å². The quantitative estimate of drug-likeness (QED) is 0.402. The van der Waals surface area contributed by atoms with Crippen LogP contribution in [0.3, 0.4) is 0 Å². The van der Waals surface area contributed by atoms with E-state index in [9.17, 15) is 10.1 Å². The van der Waals surface area contributed by atoms with Crippen molar-refractivity contribution >= 4 is 16.6 Å². The molecule has 2 rings (SSSR count). The summed E-state index contributed by atoms with van der Waals surface area (Å²) in [6.45, 7) is 4.48. The monoisotopic (exact) mass is 306 g/mol. The molecule has 0 N–H and O–H groups in total. The summed E-state index contributed by atoms with van der Waals surface area (Å²) in [5, 5.41) is 11.6. The molecular weight excluding hydrogens is 288 g/mol. The van der Waals surface area contributed by atoms with E-state index in [0.717, 1.165) is 5.39 Å². The molecule has 0 amide bonds. The lowest BCUT2D eigenvalue weighted by atomic mass is 10.2. The third-order valence-electron chi connectivity index (χ3n) is 2.91. The summed E-state index contributed by atoms with van der Waals surface area (Å²) in [7, 11) is 0. The van der Waals surface area contributed by atoms with Gasteiger partial charge in [-0.1, -0.05) is 0 Å². The summed E-state index contributed by atoms with van der Waals surface area (Å²) < 4.78 is 15.9. The summed E-state index contributed by atoms with van der Waals surface area (Å²) in [5.74, 6) is 0.418. The van der Waals surface area contributed by atoms with Crippen molar-refractivity contribution < 1.29 is 19.1 Å². The molecule has 0 spiro atoms. The number of benzene rings is 1. The smallest absolute Gasteiger partial charge is 0.271 e. The number of aromatic nitrogens is 1. The maximum atomic E-state index is 10.8. The molecule has 0 saturated carbocycles. The SMILES string of the molecule is CCOCCOCCOc1ccc2ccc([N+](=O)[O-])cc2n1. The van der Waals surface area contributed by atoms with Crippen molar-refractivity contribution in [1.29, 1.82) is 0 Å². The molecule has 0 aliphatic rings. The van der Waals surface area contributed by atoms with Crippen LogP contribution in [0.2, 0.25) is 0 Å². The second-order valence-electron chi connectivity index (χ2n) is 4.44. The number of nitrogens with zero attached hydrogens (tertiary/aromatic N) is 2. The largest absolute Gasteiger partial charge is 0.475 e. The van der Waals surface area contributed by atoms with Crippen LogP contribution in [0.5, 0.6) is 5.88 Å². The highest BCUT2D eigenvalue weighted by Gasteiger charge is 2.07. The van der Waals surface area contributed by atoms with Crippen molar-refractivity contribution in [3.8, 4) is 5.88 Å². The number of pyridine rings is 1. The Labute approximate surface area is 128 Å². The highest BCUT2D eigenvalue weighted by molar-refractivity contribution is 5.81. The second-order valence-corrected chi connectivity index (χ2v) is 4.44. The van der Waals surface area contributed by atoms with Crippen LogP contribution in [-0.4, -0.2) is 42.9 Å². The zero-order valence-corrected chi connectivity index (χ0v) is 12.4. The van der Waals surface area contributed by atoms with E-state index in [0.29, 0.717) is 44.4 Å². The van der Waals surface area contributed by atoms with Crippen LogP contribution in [0.1, 0.15) is 6.92 Å². The standard InChI is InChI=1S/C15H18N2O5/c1-2-20-7-8-21-9-10-22-15-6-4-12-3-5-13(17(18)19)11-14(12)16-15/h3-6,11H,2,7-10H2,1H3. The third kappa shape index (κ3) is 4.64. The first-order valence-corrected chi connectivity index (χ1v) is 7.04. The molecule has 0 atom stereocenters. The van der Waals surface area contributed by atoms with Gasteiger partial charge in [-0.15, -0.1) is 0 Å². The van der Waals surface area contributed by atoms with Gasteiger partial charge in [0.2, 0.25) is 5.88 Å². The van der Waals surface area contributed by atoms with Gasteiger partial charge in [-0.05, 0) is 19.1 Å². The van der Waals surface area contributed by atoms with Crippen molar-refractivity contribution in [3.63, 3.8) is 0 Å². The van der Waals surface area contributed by atoms with Gasteiger partial charge in [-0.3, -0.25) is 10.1 Å². The molecule has 1 aromatic carbocycles. The predicted octanol–water partition coefficient (Wildman–Crippen LogP) is 2.57. The molecule has 2 aromatic rings. The lowest BCUT2D eigenvalue weighted by Crippen LogP contribution is -2.11. The Balaban J connectivity index is 1.87. The predicted molar refractivity (Wildman–Crippen MR) is 81.2 cm³/mol. The number of hydrogen-bond donors (Lipinski definition) is 0.